The third-order valence-corrected chi connectivity index (χ3v) is 5.43. The van der Waals surface area contributed by atoms with Gasteiger partial charge in [0, 0.05) is 18.6 Å². The molecular weight excluding hydrogens is 353 g/mol. The molecule has 3 rings (SSSR count). The Morgan fingerprint density at radius 2 is 2.08 bits per heavy atom. The molecule has 1 aromatic carbocycles. The van der Waals surface area contributed by atoms with Crippen molar-refractivity contribution >= 4 is 41.0 Å². The Bertz CT molecular complexity index is 697. The van der Waals surface area contributed by atoms with Crippen LogP contribution in [0.25, 0.3) is 0 Å². The Morgan fingerprint density at radius 3 is 2.75 bits per heavy atom. The Morgan fingerprint density at radius 1 is 1.33 bits per heavy atom. The molecule has 1 N–H and O–H groups in total. The molecule has 0 saturated carbocycles. The van der Waals surface area contributed by atoms with Gasteiger partial charge in [0.05, 0.1) is 23.8 Å². The first-order valence-corrected chi connectivity index (χ1v) is 8.51. The van der Waals surface area contributed by atoms with E-state index in [0.717, 1.165) is 18.4 Å². The van der Waals surface area contributed by atoms with Crippen molar-refractivity contribution in [1.29, 1.82) is 0 Å². The van der Waals surface area contributed by atoms with Crippen LogP contribution in [0.1, 0.15) is 18.4 Å². The SMILES string of the molecule is Cc1c(Cl)ccc(NC(=O)N2CCCC3(CN(C)C(=O)O3)C2)c1Cl. The first-order valence-electron chi connectivity index (χ1n) is 7.76. The van der Waals surface area contributed by atoms with E-state index in [4.69, 9.17) is 27.9 Å². The summed E-state index contributed by atoms with van der Waals surface area (Å²) in [5.41, 5.74) is 0.627. The average molecular weight is 372 g/mol. The van der Waals surface area contributed by atoms with E-state index >= 15 is 0 Å². The van der Waals surface area contributed by atoms with E-state index in [-0.39, 0.29) is 12.1 Å². The van der Waals surface area contributed by atoms with Gasteiger partial charge in [-0.25, -0.2) is 9.59 Å². The van der Waals surface area contributed by atoms with Crippen LogP contribution in [0.2, 0.25) is 10.0 Å². The van der Waals surface area contributed by atoms with Gasteiger partial charge in [0.1, 0.15) is 5.60 Å². The smallest absolute Gasteiger partial charge is 0.410 e. The van der Waals surface area contributed by atoms with Gasteiger partial charge in [-0.15, -0.1) is 0 Å². The van der Waals surface area contributed by atoms with Crippen LogP contribution in [0.5, 0.6) is 0 Å². The fourth-order valence-corrected chi connectivity index (χ4v) is 3.65. The first kappa shape index (κ1) is 17.2. The molecule has 0 aliphatic carbocycles. The summed E-state index contributed by atoms with van der Waals surface area (Å²) in [6.45, 7) is 3.28. The van der Waals surface area contributed by atoms with Crippen LogP contribution in [0, 0.1) is 6.92 Å². The number of ether oxygens (including phenoxy) is 1. The molecule has 1 unspecified atom stereocenters. The molecular formula is C16H19Cl2N3O3. The molecule has 2 aliphatic heterocycles. The summed E-state index contributed by atoms with van der Waals surface area (Å²) >= 11 is 12.3. The molecule has 0 radical (unpaired) electrons. The lowest BCUT2D eigenvalue weighted by Crippen LogP contribution is -2.53. The monoisotopic (exact) mass is 371 g/mol. The minimum Gasteiger partial charge on any atom is -0.439 e. The lowest BCUT2D eigenvalue weighted by molar-refractivity contribution is 0.00497. The van der Waals surface area contributed by atoms with Gasteiger partial charge in [-0.1, -0.05) is 23.2 Å². The molecule has 2 fully saturated rings. The van der Waals surface area contributed by atoms with Crippen molar-refractivity contribution in [2.45, 2.75) is 25.4 Å². The highest BCUT2D eigenvalue weighted by Crippen LogP contribution is 2.33. The summed E-state index contributed by atoms with van der Waals surface area (Å²) in [6, 6.07) is 3.12. The van der Waals surface area contributed by atoms with Crippen LogP contribution in [0.4, 0.5) is 15.3 Å². The third-order valence-electron chi connectivity index (χ3n) is 4.53. The standard InChI is InChI=1S/C16H19Cl2N3O3/c1-10-11(17)4-5-12(13(10)18)19-14(22)21-7-3-6-16(9-21)8-20(2)15(23)24-16/h4-5H,3,6-9H2,1-2H3,(H,19,22). The second-order valence-corrected chi connectivity index (χ2v) is 7.18. The summed E-state index contributed by atoms with van der Waals surface area (Å²) in [5.74, 6) is 0. The normalized spacial score (nSPS) is 23.6. The number of likely N-dealkylation sites (tertiary alicyclic amines) is 1. The molecule has 1 spiro atoms. The number of anilines is 1. The molecule has 0 aromatic heterocycles. The first-order chi connectivity index (χ1) is 11.3. The number of amides is 3. The fourth-order valence-electron chi connectivity index (χ4n) is 3.23. The minimum absolute atomic E-state index is 0.261. The van der Waals surface area contributed by atoms with E-state index in [0.29, 0.717) is 35.4 Å². The van der Waals surface area contributed by atoms with Crippen LogP contribution in [0.15, 0.2) is 12.1 Å². The Balaban J connectivity index is 1.72. The zero-order valence-electron chi connectivity index (χ0n) is 13.6. The molecule has 3 amide bonds. The number of likely N-dealkylation sites (N-methyl/N-ethyl adjacent to an activating group) is 1. The lowest BCUT2D eigenvalue weighted by Gasteiger charge is -2.38. The lowest BCUT2D eigenvalue weighted by atomic mass is 9.93. The highest BCUT2D eigenvalue weighted by molar-refractivity contribution is 6.38. The number of piperidine rings is 1. The third kappa shape index (κ3) is 3.13. The van der Waals surface area contributed by atoms with E-state index in [1.54, 1.807) is 35.9 Å². The van der Waals surface area contributed by atoms with Crippen molar-refractivity contribution in [2.24, 2.45) is 0 Å². The number of hydrogen-bond acceptors (Lipinski definition) is 3. The van der Waals surface area contributed by atoms with E-state index in [1.807, 2.05) is 0 Å². The van der Waals surface area contributed by atoms with Crippen molar-refractivity contribution < 1.29 is 14.3 Å². The summed E-state index contributed by atoms with van der Waals surface area (Å²) in [7, 11) is 1.70. The van der Waals surface area contributed by atoms with Crippen LogP contribution in [-0.2, 0) is 4.74 Å². The molecule has 2 heterocycles. The van der Waals surface area contributed by atoms with Crippen molar-refractivity contribution in [3.8, 4) is 0 Å². The van der Waals surface area contributed by atoms with E-state index in [1.165, 1.54) is 0 Å². The quantitative estimate of drug-likeness (QED) is 0.817. The van der Waals surface area contributed by atoms with Crippen molar-refractivity contribution in [1.82, 2.24) is 9.80 Å². The maximum absolute atomic E-state index is 12.6. The van der Waals surface area contributed by atoms with E-state index in [2.05, 4.69) is 5.32 Å². The number of nitrogens with zero attached hydrogens (tertiary/aromatic N) is 2. The highest BCUT2D eigenvalue weighted by Gasteiger charge is 2.47. The summed E-state index contributed by atoms with van der Waals surface area (Å²) in [5, 5.41) is 3.80. The number of halogens is 2. The van der Waals surface area contributed by atoms with E-state index < -0.39 is 5.60 Å². The predicted octanol–water partition coefficient (Wildman–Crippen LogP) is 3.75. The Hall–Kier alpha value is -1.66. The number of rotatable bonds is 1. The van der Waals surface area contributed by atoms with Gasteiger partial charge in [0.25, 0.3) is 0 Å². The molecule has 8 heteroatoms. The van der Waals surface area contributed by atoms with Crippen molar-refractivity contribution in [3.63, 3.8) is 0 Å². The zero-order valence-corrected chi connectivity index (χ0v) is 15.1. The van der Waals surface area contributed by atoms with Gasteiger partial charge in [-0.3, -0.25) is 0 Å². The van der Waals surface area contributed by atoms with Gasteiger partial charge in [-0.2, -0.15) is 0 Å². The minimum atomic E-state index is -0.610. The zero-order chi connectivity index (χ0) is 17.5. The van der Waals surface area contributed by atoms with Gasteiger partial charge in [-0.05, 0) is 37.5 Å². The van der Waals surface area contributed by atoms with Gasteiger partial charge in [0.2, 0.25) is 0 Å². The molecule has 1 aromatic rings. The number of hydrogen-bond donors (Lipinski definition) is 1. The van der Waals surface area contributed by atoms with Crippen molar-refractivity contribution in [3.05, 3.63) is 27.7 Å². The maximum Gasteiger partial charge on any atom is 0.410 e. The molecule has 0 bridgehead atoms. The van der Waals surface area contributed by atoms with E-state index in [9.17, 15) is 9.59 Å². The molecule has 2 aliphatic rings. The number of benzene rings is 1. The number of urea groups is 1. The van der Waals surface area contributed by atoms with Crippen LogP contribution < -0.4 is 5.32 Å². The molecule has 24 heavy (non-hydrogen) atoms. The second-order valence-electron chi connectivity index (χ2n) is 6.40. The number of carbonyl (C=O) groups excluding carboxylic acids is 2. The van der Waals surface area contributed by atoms with Gasteiger partial charge < -0.3 is 19.9 Å². The fraction of sp³-hybridized carbons (Fsp3) is 0.500. The number of carbonyl (C=O) groups is 2. The molecule has 1 atom stereocenters. The molecule has 130 valence electrons. The van der Waals surface area contributed by atoms with Crippen LogP contribution in [-0.4, -0.2) is 54.2 Å². The topological polar surface area (TPSA) is 61.9 Å². The summed E-state index contributed by atoms with van der Waals surface area (Å²) in [4.78, 5) is 27.5. The Kier molecular flexibility index (Phi) is 4.53. The maximum atomic E-state index is 12.6. The van der Waals surface area contributed by atoms with Crippen molar-refractivity contribution in [2.75, 3.05) is 32.0 Å². The number of nitrogens with one attached hydrogen (secondary N) is 1. The highest BCUT2D eigenvalue weighted by atomic mass is 35.5. The summed E-state index contributed by atoms with van der Waals surface area (Å²) < 4.78 is 5.51. The van der Waals surface area contributed by atoms with Gasteiger partial charge in [0.15, 0.2) is 0 Å². The van der Waals surface area contributed by atoms with Crippen LogP contribution >= 0.6 is 23.2 Å². The molecule has 2 saturated heterocycles. The Labute approximate surface area is 150 Å². The van der Waals surface area contributed by atoms with Crippen LogP contribution in [0.3, 0.4) is 0 Å². The largest absolute Gasteiger partial charge is 0.439 e. The predicted molar refractivity (Wildman–Crippen MR) is 92.9 cm³/mol. The second kappa shape index (κ2) is 6.33. The van der Waals surface area contributed by atoms with Gasteiger partial charge >= 0.3 is 12.1 Å². The molecule has 6 nitrogen and oxygen atoms in total. The summed E-state index contributed by atoms with van der Waals surface area (Å²) in [6.07, 6.45) is 1.20. The average Bonchev–Trinajstić information content (AvgIpc) is 2.81.